The van der Waals surface area contributed by atoms with E-state index in [1.165, 1.54) is 5.52 Å². The van der Waals surface area contributed by atoms with Crippen molar-refractivity contribution >= 4 is 22.6 Å². The van der Waals surface area contributed by atoms with E-state index in [9.17, 15) is 0 Å². The Kier molecular flexibility index (Phi) is 5.37. The summed E-state index contributed by atoms with van der Waals surface area (Å²) >= 11 is 6.24. The van der Waals surface area contributed by atoms with E-state index in [1.807, 2.05) is 32.0 Å². The lowest BCUT2D eigenvalue weighted by Gasteiger charge is -2.14. The number of aromatic nitrogens is 2. The van der Waals surface area contributed by atoms with Crippen LogP contribution in [0.5, 0.6) is 5.75 Å². The Hall–Kier alpha value is -2.04. The molecular formula is C22H25ClN2O2. The summed E-state index contributed by atoms with van der Waals surface area (Å²) in [5.74, 6) is 1.93. The molecule has 27 heavy (non-hydrogen) atoms. The average Bonchev–Trinajstić information content (AvgIpc) is 3.31. The molecule has 142 valence electrons. The Morgan fingerprint density at radius 3 is 2.74 bits per heavy atom. The second-order valence-electron chi connectivity index (χ2n) is 7.19. The summed E-state index contributed by atoms with van der Waals surface area (Å²) in [5.41, 5.74) is 4.30. The summed E-state index contributed by atoms with van der Waals surface area (Å²) in [7, 11) is 0. The van der Waals surface area contributed by atoms with Crippen molar-refractivity contribution in [3.05, 3.63) is 58.4 Å². The second kappa shape index (κ2) is 7.91. The van der Waals surface area contributed by atoms with Crippen LogP contribution in [0.2, 0.25) is 5.02 Å². The first-order valence-corrected chi connectivity index (χ1v) is 9.97. The summed E-state index contributed by atoms with van der Waals surface area (Å²) in [6, 6.07) is 12.3. The van der Waals surface area contributed by atoms with Gasteiger partial charge >= 0.3 is 0 Å². The van der Waals surface area contributed by atoms with E-state index in [1.54, 1.807) is 0 Å². The molecule has 0 aliphatic carbocycles. The van der Waals surface area contributed by atoms with E-state index in [-0.39, 0.29) is 6.10 Å². The minimum Gasteiger partial charge on any atom is -0.494 e. The highest BCUT2D eigenvalue weighted by Gasteiger charge is 2.24. The average molecular weight is 385 g/mol. The van der Waals surface area contributed by atoms with Gasteiger partial charge in [0, 0.05) is 18.2 Å². The number of fused-ring (bicyclic) bond motifs is 1. The monoisotopic (exact) mass is 384 g/mol. The Morgan fingerprint density at radius 2 is 2.00 bits per heavy atom. The first-order valence-electron chi connectivity index (χ1n) is 9.60. The third kappa shape index (κ3) is 3.83. The smallest absolute Gasteiger partial charge is 0.139 e. The summed E-state index contributed by atoms with van der Waals surface area (Å²) in [6.45, 7) is 6.35. The molecule has 1 saturated heterocycles. The molecule has 2 aromatic carbocycles. The lowest BCUT2D eigenvalue weighted by Crippen LogP contribution is -2.11. The fourth-order valence-corrected chi connectivity index (χ4v) is 3.87. The van der Waals surface area contributed by atoms with Crippen LogP contribution in [0, 0.1) is 13.8 Å². The first-order chi connectivity index (χ1) is 13.1. The molecule has 1 unspecified atom stereocenters. The van der Waals surface area contributed by atoms with Gasteiger partial charge in [-0.05, 0) is 68.5 Å². The Labute approximate surface area is 165 Å². The number of imidazole rings is 1. The Bertz CT molecular complexity index is 922. The molecular weight excluding hydrogens is 360 g/mol. The van der Waals surface area contributed by atoms with E-state index in [0.29, 0.717) is 6.61 Å². The van der Waals surface area contributed by atoms with E-state index in [0.717, 1.165) is 65.7 Å². The van der Waals surface area contributed by atoms with Gasteiger partial charge in [-0.25, -0.2) is 4.98 Å². The molecule has 1 atom stereocenters. The molecule has 1 aromatic heterocycles. The number of nitrogens with zero attached hydrogens (tertiary/aromatic N) is 2. The number of benzene rings is 2. The number of aryl methyl sites for hydroxylation is 3. The fourth-order valence-electron chi connectivity index (χ4n) is 3.76. The van der Waals surface area contributed by atoms with Crippen molar-refractivity contribution in [1.82, 2.24) is 9.55 Å². The quantitative estimate of drug-likeness (QED) is 0.517. The van der Waals surface area contributed by atoms with Gasteiger partial charge < -0.3 is 14.0 Å². The second-order valence-corrected chi connectivity index (χ2v) is 7.56. The summed E-state index contributed by atoms with van der Waals surface area (Å²) in [5, 5.41) is 0.813. The van der Waals surface area contributed by atoms with E-state index in [4.69, 9.17) is 26.1 Å². The van der Waals surface area contributed by atoms with E-state index < -0.39 is 0 Å². The highest BCUT2D eigenvalue weighted by atomic mass is 35.5. The standard InChI is InChI=1S/C22H25ClN2O2/c1-15-13-17(14-16(2)21(15)23)26-12-6-10-25-19-8-4-3-7-18(19)24-22(25)20-9-5-11-27-20/h3-4,7-8,13-14,20H,5-6,9-12H2,1-2H3. The van der Waals surface area contributed by atoms with Crippen molar-refractivity contribution < 1.29 is 9.47 Å². The fraction of sp³-hybridized carbons (Fsp3) is 0.409. The number of rotatable bonds is 6. The third-order valence-corrected chi connectivity index (χ3v) is 5.70. The lowest BCUT2D eigenvalue weighted by molar-refractivity contribution is 0.102. The molecule has 4 rings (SSSR count). The van der Waals surface area contributed by atoms with Gasteiger partial charge in [-0.2, -0.15) is 0 Å². The lowest BCUT2D eigenvalue weighted by atomic mass is 10.1. The zero-order valence-electron chi connectivity index (χ0n) is 15.9. The number of hydrogen-bond donors (Lipinski definition) is 0. The molecule has 0 bridgehead atoms. The normalized spacial score (nSPS) is 16.9. The van der Waals surface area contributed by atoms with E-state index >= 15 is 0 Å². The topological polar surface area (TPSA) is 36.3 Å². The van der Waals surface area contributed by atoms with Gasteiger partial charge in [-0.15, -0.1) is 0 Å². The first kappa shape index (κ1) is 18.3. The van der Waals surface area contributed by atoms with Gasteiger partial charge in [-0.3, -0.25) is 0 Å². The molecule has 0 saturated carbocycles. The molecule has 0 spiro atoms. The van der Waals surface area contributed by atoms with Gasteiger partial charge in [0.25, 0.3) is 0 Å². The van der Waals surface area contributed by atoms with Gasteiger partial charge in [0.2, 0.25) is 0 Å². The van der Waals surface area contributed by atoms with Crippen LogP contribution in [0.3, 0.4) is 0 Å². The van der Waals surface area contributed by atoms with Crippen LogP contribution < -0.4 is 4.74 Å². The highest BCUT2D eigenvalue weighted by molar-refractivity contribution is 6.32. The van der Waals surface area contributed by atoms with Crippen LogP contribution in [0.4, 0.5) is 0 Å². The molecule has 0 radical (unpaired) electrons. The highest BCUT2D eigenvalue weighted by Crippen LogP contribution is 2.31. The number of para-hydroxylation sites is 2. The largest absolute Gasteiger partial charge is 0.494 e. The van der Waals surface area contributed by atoms with Crippen LogP contribution >= 0.6 is 11.6 Å². The van der Waals surface area contributed by atoms with Crippen molar-refractivity contribution in [3.8, 4) is 5.75 Å². The van der Waals surface area contributed by atoms with E-state index in [2.05, 4.69) is 22.8 Å². The van der Waals surface area contributed by atoms with Crippen molar-refractivity contribution in [2.75, 3.05) is 13.2 Å². The maximum Gasteiger partial charge on any atom is 0.139 e. The summed E-state index contributed by atoms with van der Waals surface area (Å²) in [4.78, 5) is 4.85. The van der Waals surface area contributed by atoms with Gasteiger partial charge in [-0.1, -0.05) is 23.7 Å². The minimum atomic E-state index is 0.111. The van der Waals surface area contributed by atoms with Crippen LogP contribution in [0.1, 0.15) is 42.3 Å². The maximum absolute atomic E-state index is 6.24. The zero-order valence-corrected chi connectivity index (χ0v) is 16.6. The van der Waals surface area contributed by atoms with Crippen molar-refractivity contribution in [2.45, 2.75) is 45.8 Å². The maximum atomic E-state index is 6.24. The molecule has 0 amide bonds. The SMILES string of the molecule is Cc1cc(OCCCn2c(C3CCCO3)nc3ccccc32)cc(C)c1Cl. The minimum absolute atomic E-state index is 0.111. The van der Waals surface area contributed by atoms with Crippen LogP contribution in [-0.4, -0.2) is 22.8 Å². The van der Waals surface area contributed by atoms with Crippen LogP contribution in [-0.2, 0) is 11.3 Å². The molecule has 1 aliphatic rings. The zero-order chi connectivity index (χ0) is 18.8. The molecule has 1 aliphatic heterocycles. The number of halogens is 1. The molecule has 4 nitrogen and oxygen atoms in total. The predicted octanol–water partition coefficient (Wildman–Crippen LogP) is 5.63. The molecule has 0 N–H and O–H groups in total. The molecule has 3 aromatic rings. The number of ether oxygens (including phenoxy) is 2. The molecule has 5 heteroatoms. The third-order valence-electron chi connectivity index (χ3n) is 5.11. The predicted molar refractivity (Wildman–Crippen MR) is 109 cm³/mol. The van der Waals surface area contributed by atoms with Crippen LogP contribution in [0.25, 0.3) is 11.0 Å². The van der Waals surface area contributed by atoms with Gasteiger partial charge in [0.1, 0.15) is 17.7 Å². The Morgan fingerprint density at radius 1 is 1.22 bits per heavy atom. The van der Waals surface area contributed by atoms with Gasteiger partial charge in [0.05, 0.1) is 17.6 Å². The summed E-state index contributed by atoms with van der Waals surface area (Å²) < 4.78 is 14.2. The van der Waals surface area contributed by atoms with Crippen molar-refractivity contribution in [2.24, 2.45) is 0 Å². The Balaban J connectivity index is 1.46. The molecule has 2 heterocycles. The van der Waals surface area contributed by atoms with Gasteiger partial charge in [0.15, 0.2) is 0 Å². The van der Waals surface area contributed by atoms with Crippen molar-refractivity contribution in [1.29, 1.82) is 0 Å². The molecule has 1 fully saturated rings. The van der Waals surface area contributed by atoms with Crippen molar-refractivity contribution in [3.63, 3.8) is 0 Å². The summed E-state index contributed by atoms with van der Waals surface area (Å²) in [6.07, 6.45) is 3.16. The number of hydrogen-bond acceptors (Lipinski definition) is 3. The van der Waals surface area contributed by atoms with Crippen LogP contribution in [0.15, 0.2) is 36.4 Å².